The number of aliphatic carboxylic acids is 1. The summed E-state index contributed by atoms with van der Waals surface area (Å²) in [6.45, 7) is 1.89. The van der Waals surface area contributed by atoms with Crippen molar-refractivity contribution in [3.05, 3.63) is 11.8 Å². The van der Waals surface area contributed by atoms with E-state index in [2.05, 4.69) is 14.9 Å². The van der Waals surface area contributed by atoms with Gasteiger partial charge in [-0.1, -0.05) is 0 Å². The molecule has 0 aliphatic carbocycles. The fourth-order valence-electron chi connectivity index (χ4n) is 1.86. The standard InChI is InChI=1S/C10H14N4O2/c11-10-12-7(6-9(15)16)5-8(13-10)14-3-1-2-4-14/h5H,1-4,6H2,(H,15,16)(H2,11,12,13). The molecule has 0 saturated carbocycles. The molecule has 3 N–H and O–H groups in total. The van der Waals surface area contributed by atoms with Crippen LogP contribution in [0.4, 0.5) is 11.8 Å². The number of hydrogen-bond acceptors (Lipinski definition) is 5. The molecule has 2 rings (SSSR count). The predicted octanol–water partition coefficient (Wildman–Crippen LogP) is 0.286. The van der Waals surface area contributed by atoms with Crippen molar-refractivity contribution in [2.24, 2.45) is 0 Å². The second-order valence-electron chi connectivity index (χ2n) is 3.84. The van der Waals surface area contributed by atoms with Crippen LogP contribution in [0.5, 0.6) is 0 Å². The molecule has 1 fully saturated rings. The minimum atomic E-state index is -0.912. The highest BCUT2D eigenvalue weighted by atomic mass is 16.4. The van der Waals surface area contributed by atoms with Gasteiger partial charge in [-0.3, -0.25) is 4.79 Å². The predicted molar refractivity (Wildman–Crippen MR) is 59.2 cm³/mol. The molecule has 0 unspecified atom stereocenters. The Morgan fingerprint density at radius 2 is 2.12 bits per heavy atom. The van der Waals surface area contributed by atoms with E-state index >= 15 is 0 Å². The monoisotopic (exact) mass is 222 g/mol. The van der Waals surface area contributed by atoms with Gasteiger partial charge in [0.1, 0.15) is 5.82 Å². The Bertz CT molecular complexity index is 402. The lowest BCUT2D eigenvalue weighted by atomic mass is 10.3. The van der Waals surface area contributed by atoms with E-state index in [1.807, 2.05) is 0 Å². The molecule has 6 heteroatoms. The third-order valence-corrected chi connectivity index (χ3v) is 2.55. The first-order valence-corrected chi connectivity index (χ1v) is 5.25. The molecule has 0 bridgehead atoms. The van der Waals surface area contributed by atoms with E-state index in [4.69, 9.17) is 10.8 Å². The summed E-state index contributed by atoms with van der Waals surface area (Å²) in [5, 5.41) is 8.70. The zero-order valence-electron chi connectivity index (χ0n) is 8.89. The normalized spacial score (nSPS) is 15.4. The largest absolute Gasteiger partial charge is 0.481 e. The average Bonchev–Trinajstić information content (AvgIpc) is 2.67. The molecule has 86 valence electrons. The van der Waals surface area contributed by atoms with Gasteiger partial charge in [-0.2, -0.15) is 4.98 Å². The van der Waals surface area contributed by atoms with E-state index in [-0.39, 0.29) is 12.4 Å². The van der Waals surface area contributed by atoms with Crippen LogP contribution in [-0.2, 0) is 11.2 Å². The first-order valence-electron chi connectivity index (χ1n) is 5.25. The van der Waals surface area contributed by atoms with Crippen molar-refractivity contribution in [2.45, 2.75) is 19.3 Å². The third kappa shape index (κ3) is 2.39. The SMILES string of the molecule is Nc1nc(CC(=O)O)cc(N2CCCC2)n1. The molecule has 1 aliphatic heterocycles. The maximum atomic E-state index is 10.6. The molecule has 0 atom stereocenters. The molecule has 6 nitrogen and oxygen atoms in total. The summed E-state index contributed by atoms with van der Waals surface area (Å²) in [6, 6.07) is 1.70. The fourth-order valence-corrected chi connectivity index (χ4v) is 1.86. The van der Waals surface area contributed by atoms with E-state index < -0.39 is 5.97 Å². The Morgan fingerprint density at radius 1 is 1.44 bits per heavy atom. The molecule has 1 aromatic heterocycles. The van der Waals surface area contributed by atoms with Crippen molar-refractivity contribution in [1.29, 1.82) is 0 Å². The summed E-state index contributed by atoms with van der Waals surface area (Å²) in [6.07, 6.45) is 2.16. The van der Waals surface area contributed by atoms with Crippen LogP contribution in [0.2, 0.25) is 0 Å². The van der Waals surface area contributed by atoms with Gasteiger partial charge in [0.2, 0.25) is 5.95 Å². The summed E-state index contributed by atoms with van der Waals surface area (Å²) in [4.78, 5) is 20.7. The molecular formula is C10H14N4O2. The van der Waals surface area contributed by atoms with Gasteiger partial charge in [-0.15, -0.1) is 0 Å². The molecule has 1 aromatic rings. The van der Waals surface area contributed by atoms with Gasteiger partial charge in [0.15, 0.2) is 0 Å². The number of carbonyl (C=O) groups is 1. The van der Waals surface area contributed by atoms with Crippen LogP contribution in [0.3, 0.4) is 0 Å². The summed E-state index contributed by atoms with van der Waals surface area (Å²) in [5.74, 6) is -0.0348. The number of hydrogen-bond donors (Lipinski definition) is 2. The number of aromatic nitrogens is 2. The van der Waals surface area contributed by atoms with Gasteiger partial charge in [-0.25, -0.2) is 4.98 Å². The molecule has 0 aromatic carbocycles. The van der Waals surface area contributed by atoms with Crippen LogP contribution < -0.4 is 10.6 Å². The third-order valence-electron chi connectivity index (χ3n) is 2.55. The van der Waals surface area contributed by atoms with E-state index in [0.29, 0.717) is 5.69 Å². The Morgan fingerprint density at radius 3 is 2.75 bits per heavy atom. The first-order chi connectivity index (χ1) is 7.65. The molecule has 0 spiro atoms. The number of anilines is 2. The van der Waals surface area contributed by atoms with Crippen molar-refractivity contribution in [2.75, 3.05) is 23.7 Å². The zero-order chi connectivity index (χ0) is 11.5. The maximum Gasteiger partial charge on any atom is 0.309 e. The van der Waals surface area contributed by atoms with Gasteiger partial charge >= 0.3 is 5.97 Å². The highest BCUT2D eigenvalue weighted by molar-refractivity contribution is 5.70. The van der Waals surface area contributed by atoms with Gasteiger partial charge in [-0.05, 0) is 12.8 Å². The van der Waals surface area contributed by atoms with E-state index in [0.717, 1.165) is 31.7 Å². The average molecular weight is 222 g/mol. The van der Waals surface area contributed by atoms with Crippen LogP contribution in [-0.4, -0.2) is 34.1 Å². The van der Waals surface area contributed by atoms with Crippen molar-refractivity contribution in [1.82, 2.24) is 9.97 Å². The fraction of sp³-hybridized carbons (Fsp3) is 0.500. The first kappa shape index (κ1) is 10.7. The second kappa shape index (κ2) is 4.34. The summed E-state index contributed by atoms with van der Waals surface area (Å²) in [5.41, 5.74) is 6.02. The summed E-state index contributed by atoms with van der Waals surface area (Å²) >= 11 is 0. The molecule has 0 amide bonds. The lowest BCUT2D eigenvalue weighted by Crippen LogP contribution is -2.20. The van der Waals surface area contributed by atoms with E-state index in [1.54, 1.807) is 6.07 Å². The van der Waals surface area contributed by atoms with Crippen LogP contribution in [0.1, 0.15) is 18.5 Å². The van der Waals surface area contributed by atoms with Crippen molar-refractivity contribution < 1.29 is 9.90 Å². The number of nitrogens with two attached hydrogens (primary N) is 1. The van der Waals surface area contributed by atoms with E-state index in [1.165, 1.54) is 0 Å². The smallest absolute Gasteiger partial charge is 0.309 e. The van der Waals surface area contributed by atoms with E-state index in [9.17, 15) is 4.79 Å². The van der Waals surface area contributed by atoms with Crippen molar-refractivity contribution >= 4 is 17.7 Å². The molecule has 16 heavy (non-hydrogen) atoms. The Kier molecular flexibility index (Phi) is 2.89. The van der Waals surface area contributed by atoms with Crippen molar-refractivity contribution in [3.8, 4) is 0 Å². The van der Waals surface area contributed by atoms with Crippen LogP contribution in [0, 0.1) is 0 Å². The topological polar surface area (TPSA) is 92.3 Å². The minimum absolute atomic E-state index is 0.118. The molecular weight excluding hydrogens is 208 g/mol. The van der Waals surface area contributed by atoms with Crippen LogP contribution in [0.25, 0.3) is 0 Å². The highest BCUT2D eigenvalue weighted by Crippen LogP contribution is 2.19. The van der Waals surface area contributed by atoms with Gasteiger partial charge < -0.3 is 15.7 Å². The molecule has 2 heterocycles. The number of nitrogen functional groups attached to an aromatic ring is 1. The van der Waals surface area contributed by atoms with Crippen LogP contribution in [0.15, 0.2) is 6.07 Å². The lowest BCUT2D eigenvalue weighted by molar-refractivity contribution is -0.136. The Labute approximate surface area is 93.1 Å². The Hall–Kier alpha value is -1.85. The number of rotatable bonds is 3. The zero-order valence-corrected chi connectivity index (χ0v) is 8.89. The van der Waals surface area contributed by atoms with Gasteiger partial charge in [0.25, 0.3) is 0 Å². The van der Waals surface area contributed by atoms with Gasteiger partial charge in [0.05, 0.1) is 12.1 Å². The maximum absolute atomic E-state index is 10.6. The quantitative estimate of drug-likeness (QED) is 0.763. The Balaban J connectivity index is 2.24. The summed E-state index contributed by atoms with van der Waals surface area (Å²) in [7, 11) is 0. The van der Waals surface area contributed by atoms with Gasteiger partial charge in [0, 0.05) is 19.2 Å². The number of nitrogens with zero attached hydrogens (tertiary/aromatic N) is 3. The highest BCUT2D eigenvalue weighted by Gasteiger charge is 2.15. The molecule has 1 saturated heterocycles. The lowest BCUT2D eigenvalue weighted by Gasteiger charge is -2.16. The number of carboxylic acids is 1. The molecule has 1 aliphatic rings. The number of carboxylic acid groups (broad SMARTS) is 1. The van der Waals surface area contributed by atoms with Crippen LogP contribution >= 0.6 is 0 Å². The summed E-state index contributed by atoms with van der Waals surface area (Å²) < 4.78 is 0. The van der Waals surface area contributed by atoms with Crippen molar-refractivity contribution in [3.63, 3.8) is 0 Å². The molecule has 0 radical (unpaired) electrons. The minimum Gasteiger partial charge on any atom is -0.481 e. The second-order valence-corrected chi connectivity index (χ2v) is 3.84.